The molecule has 0 aliphatic rings. The van der Waals surface area contributed by atoms with E-state index in [1.165, 1.54) is 13.8 Å². The molecule has 36 heavy (non-hydrogen) atoms. The average Bonchev–Trinajstić information content (AvgIpc) is 2.83. The lowest BCUT2D eigenvalue weighted by molar-refractivity contribution is -0.121. The van der Waals surface area contributed by atoms with E-state index in [4.69, 9.17) is 4.74 Å². The van der Waals surface area contributed by atoms with Gasteiger partial charge in [-0.05, 0) is 67.9 Å². The molecule has 1 atom stereocenters. The summed E-state index contributed by atoms with van der Waals surface area (Å²) in [6.45, 7) is 4.58. The number of nitrogens with one attached hydrogen (secondary N) is 2. The van der Waals surface area contributed by atoms with E-state index in [0.29, 0.717) is 34.1 Å². The number of sulfonamides is 1. The summed E-state index contributed by atoms with van der Waals surface area (Å²) in [5.41, 5.74) is 4.51. The third kappa shape index (κ3) is 7.16. The summed E-state index contributed by atoms with van der Waals surface area (Å²) < 4.78 is 31.9. The minimum absolute atomic E-state index is 0.204. The van der Waals surface area contributed by atoms with Gasteiger partial charge < -0.3 is 10.1 Å². The fourth-order valence-corrected chi connectivity index (χ4v) is 4.59. The summed E-state index contributed by atoms with van der Waals surface area (Å²) in [5, 5.41) is 6.80. The number of amides is 2. The van der Waals surface area contributed by atoms with Crippen molar-refractivity contribution in [2.45, 2.75) is 26.8 Å². The van der Waals surface area contributed by atoms with Crippen molar-refractivity contribution in [2.24, 2.45) is 5.10 Å². The third-order valence-electron chi connectivity index (χ3n) is 5.09. The summed E-state index contributed by atoms with van der Waals surface area (Å²) in [6.07, 6.45) is 1.03. The molecule has 0 radical (unpaired) electrons. The number of carbonyl (C=O) groups excluding carboxylic acids is 2. The van der Waals surface area contributed by atoms with Crippen LogP contribution in [-0.2, 0) is 19.6 Å². The highest BCUT2D eigenvalue weighted by atomic mass is 32.2. The van der Waals surface area contributed by atoms with Gasteiger partial charge in [0, 0.05) is 12.6 Å². The Kier molecular flexibility index (Phi) is 8.44. The molecule has 0 fully saturated rings. The van der Waals surface area contributed by atoms with E-state index in [2.05, 4.69) is 15.8 Å². The largest absolute Gasteiger partial charge is 0.457 e. The Hall–Kier alpha value is -4.18. The van der Waals surface area contributed by atoms with Gasteiger partial charge in [-0.3, -0.25) is 13.9 Å². The first kappa shape index (κ1) is 26.4. The number of hydrogen-bond donors (Lipinski definition) is 2. The first-order chi connectivity index (χ1) is 17.0. The zero-order chi connectivity index (χ0) is 26.3. The number of rotatable bonds is 9. The van der Waals surface area contributed by atoms with Crippen LogP contribution in [-0.4, -0.2) is 38.2 Å². The third-order valence-corrected chi connectivity index (χ3v) is 6.33. The number of benzene rings is 3. The van der Waals surface area contributed by atoms with Crippen LogP contribution in [0.4, 0.5) is 11.4 Å². The normalized spacial score (nSPS) is 12.4. The highest BCUT2D eigenvalue weighted by Crippen LogP contribution is 2.27. The minimum Gasteiger partial charge on any atom is -0.457 e. The van der Waals surface area contributed by atoms with Crippen LogP contribution in [0, 0.1) is 0 Å². The molecule has 0 heterocycles. The van der Waals surface area contributed by atoms with Crippen LogP contribution in [0.25, 0.3) is 0 Å². The highest BCUT2D eigenvalue weighted by Gasteiger charge is 2.29. The van der Waals surface area contributed by atoms with Gasteiger partial charge in [0.1, 0.15) is 17.5 Å². The van der Waals surface area contributed by atoms with Crippen molar-refractivity contribution in [2.75, 3.05) is 15.9 Å². The van der Waals surface area contributed by atoms with Crippen LogP contribution in [0.3, 0.4) is 0 Å². The predicted octanol–water partition coefficient (Wildman–Crippen LogP) is 4.13. The van der Waals surface area contributed by atoms with Crippen LogP contribution in [0.2, 0.25) is 0 Å². The molecule has 0 aliphatic heterocycles. The molecule has 9 nitrogen and oxygen atoms in total. The number of para-hydroxylation sites is 1. The van der Waals surface area contributed by atoms with Crippen LogP contribution >= 0.6 is 0 Å². The van der Waals surface area contributed by atoms with Crippen LogP contribution < -0.4 is 19.8 Å². The minimum atomic E-state index is -3.80. The molecular formula is C26H28N4O5S. The van der Waals surface area contributed by atoms with E-state index in [9.17, 15) is 18.0 Å². The lowest BCUT2D eigenvalue weighted by atomic mass is 10.1. The maximum atomic E-state index is 12.9. The number of nitrogens with zero attached hydrogens (tertiary/aromatic N) is 2. The lowest BCUT2D eigenvalue weighted by Crippen LogP contribution is -2.46. The Morgan fingerprint density at radius 1 is 0.917 bits per heavy atom. The quantitative estimate of drug-likeness (QED) is 0.333. The fraction of sp³-hybridized carbons (Fsp3) is 0.192. The molecule has 0 saturated heterocycles. The van der Waals surface area contributed by atoms with Gasteiger partial charge in [0.25, 0.3) is 5.91 Å². The zero-order valence-electron chi connectivity index (χ0n) is 20.4. The second-order valence-electron chi connectivity index (χ2n) is 8.08. The Bertz CT molecular complexity index is 1360. The van der Waals surface area contributed by atoms with E-state index in [0.717, 1.165) is 10.6 Å². The van der Waals surface area contributed by atoms with Crippen LogP contribution in [0.1, 0.15) is 26.3 Å². The summed E-state index contributed by atoms with van der Waals surface area (Å²) in [4.78, 5) is 24.1. The average molecular weight is 509 g/mol. The molecule has 0 spiro atoms. The van der Waals surface area contributed by atoms with Gasteiger partial charge >= 0.3 is 0 Å². The summed E-state index contributed by atoms with van der Waals surface area (Å²) >= 11 is 0. The molecule has 3 rings (SSSR count). The smallest absolute Gasteiger partial charge is 0.263 e. The maximum absolute atomic E-state index is 12.9. The molecule has 2 amide bonds. The van der Waals surface area contributed by atoms with Crippen molar-refractivity contribution in [3.05, 3.63) is 84.4 Å². The molecule has 0 aromatic heterocycles. The van der Waals surface area contributed by atoms with Crippen molar-refractivity contribution >= 4 is 38.9 Å². The van der Waals surface area contributed by atoms with Crippen molar-refractivity contribution in [1.29, 1.82) is 0 Å². The molecule has 0 bridgehead atoms. The van der Waals surface area contributed by atoms with E-state index in [1.807, 2.05) is 30.3 Å². The molecule has 0 aliphatic carbocycles. The summed E-state index contributed by atoms with van der Waals surface area (Å²) in [6, 6.07) is 21.5. The van der Waals surface area contributed by atoms with Crippen molar-refractivity contribution in [1.82, 2.24) is 5.43 Å². The van der Waals surface area contributed by atoms with Crippen molar-refractivity contribution in [3.8, 4) is 11.5 Å². The first-order valence-electron chi connectivity index (χ1n) is 11.1. The monoisotopic (exact) mass is 508 g/mol. The molecule has 3 aromatic rings. The Morgan fingerprint density at radius 3 is 2.17 bits per heavy atom. The fourth-order valence-electron chi connectivity index (χ4n) is 3.42. The van der Waals surface area contributed by atoms with E-state index in [1.54, 1.807) is 55.5 Å². The Morgan fingerprint density at radius 2 is 1.56 bits per heavy atom. The van der Waals surface area contributed by atoms with Gasteiger partial charge in [-0.2, -0.15) is 5.10 Å². The highest BCUT2D eigenvalue weighted by molar-refractivity contribution is 7.92. The van der Waals surface area contributed by atoms with Crippen molar-refractivity contribution in [3.63, 3.8) is 0 Å². The molecule has 188 valence electrons. The van der Waals surface area contributed by atoms with E-state index < -0.39 is 22.0 Å². The predicted molar refractivity (Wildman–Crippen MR) is 141 cm³/mol. The number of hydrazone groups is 1. The van der Waals surface area contributed by atoms with Gasteiger partial charge in [0.05, 0.1) is 17.7 Å². The van der Waals surface area contributed by atoms with Gasteiger partial charge in [0.2, 0.25) is 15.9 Å². The molecule has 2 N–H and O–H groups in total. The van der Waals surface area contributed by atoms with Gasteiger partial charge in [-0.15, -0.1) is 0 Å². The zero-order valence-corrected chi connectivity index (χ0v) is 21.2. The van der Waals surface area contributed by atoms with Gasteiger partial charge in [-0.1, -0.05) is 30.3 Å². The van der Waals surface area contributed by atoms with E-state index in [-0.39, 0.29) is 5.91 Å². The first-order valence-corrected chi connectivity index (χ1v) is 12.9. The van der Waals surface area contributed by atoms with Crippen LogP contribution in [0.5, 0.6) is 11.5 Å². The number of ether oxygens (including phenoxy) is 1. The Balaban J connectivity index is 1.75. The molecule has 1 unspecified atom stereocenters. The topological polar surface area (TPSA) is 117 Å². The number of carbonyl (C=O) groups is 2. The SMILES string of the molecule is CC(=O)Nc1cccc(/C(C)=N/NC(=O)C(C)N(c2ccc(Oc3ccccc3)cc2)S(C)(=O)=O)c1. The van der Waals surface area contributed by atoms with Gasteiger partial charge in [-0.25, -0.2) is 13.8 Å². The second-order valence-corrected chi connectivity index (χ2v) is 9.94. The number of anilines is 2. The molecule has 10 heteroatoms. The standard InChI is InChI=1S/C26H28N4O5S/c1-18(21-9-8-10-22(17-21)27-20(3)31)28-29-26(32)19(2)30(36(4,33)34)23-13-15-25(16-14-23)35-24-11-6-5-7-12-24/h5-17,19H,1-4H3,(H,27,31)(H,29,32)/b28-18+. The van der Waals surface area contributed by atoms with Crippen molar-refractivity contribution < 1.29 is 22.7 Å². The van der Waals surface area contributed by atoms with E-state index >= 15 is 0 Å². The Labute approximate surface area is 210 Å². The molecule has 0 saturated carbocycles. The summed E-state index contributed by atoms with van der Waals surface area (Å²) in [5.74, 6) is 0.359. The summed E-state index contributed by atoms with van der Waals surface area (Å²) in [7, 11) is -3.80. The number of hydrogen-bond acceptors (Lipinski definition) is 6. The van der Waals surface area contributed by atoms with Gasteiger partial charge in [0.15, 0.2) is 0 Å². The second kappa shape index (κ2) is 11.5. The lowest BCUT2D eigenvalue weighted by Gasteiger charge is -2.27. The van der Waals surface area contributed by atoms with Crippen LogP contribution in [0.15, 0.2) is 84.0 Å². The maximum Gasteiger partial charge on any atom is 0.263 e. The molecule has 3 aromatic carbocycles. The molecular weight excluding hydrogens is 480 g/mol.